The Labute approximate surface area is 183 Å². The Balaban J connectivity index is 1.52. The van der Waals surface area contributed by atoms with Gasteiger partial charge in [-0.1, -0.05) is 48.0 Å². The van der Waals surface area contributed by atoms with E-state index in [0.29, 0.717) is 18.7 Å². The largest absolute Gasteiger partial charge is 0.333 e. The molecule has 0 unspecified atom stereocenters. The zero-order chi connectivity index (χ0) is 21.2. The third-order valence-corrected chi connectivity index (χ3v) is 6.25. The van der Waals surface area contributed by atoms with Crippen molar-refractivity contribution in [3.63, 3.8) is 0 Å². The zero-order valence-corrected chi connectivity index (χ0v) is 17.9. The highest BCUT2D eigenvalue weighted by Gasteiger charge is 2.20. The zero-order valence-electron chi connectivity index (χ0n) is 17.1. The van der Waals surface area contributed by atoms with Crippen molar-refractivity contribution in [2.45, 2.75) is 19.9 Å². The Bertz CT molecular complexity index is 1340. The number of amides is 1. The molecule has 0 aliphatic carbocycles. The van der Waals surface area contributed by atoms with Crippen LogP contribution >= 0.6 is 11.3 Å². The number of fused-ring (bicyclic) bond motifs is 3. The molecule has 2 aromatic carbocycles. The highest BCUT2D eigenvalue weighted by molar-refractivity contribution is 7.12. The number of thiophene rings is 1. The lowest BCUT2D eigenvalue weighted by molar-refractivity contribution is 0.0750. The second kappa shape index (κ2) is 8.28. The Kier molecular flexibility index (Phi) is 5.18. The third-order valence-electron chi connectivity index (χ3n) is 5.39. The third kappa shape index (κ3) is 3.92. The molecular formula is C24H21N5OS. The molecule has 0 saturated carbocycles. The van der Waals surface area contributed by atoms with Crippen molar-refractivity contribution >= 4 is 33.8 Å². The van der Waals surface area contributed by atoms with Crippen LogP contribution in [0.15, 0.2) is 72.1 Å². The van der Waals surface area contributed by atoms with Crippen LogP contribution in [0.5, 0.6) is 0 Å². The van der Waals surface area contributed by atoms with Gasteiger partial charge in [0.25, 0.3) is 5.91 Å². The van der Waals surface area contributed by atoms with E-state index in [2.05, 4.69) is 52.8 Å². The molecular weight excluding hydrogens is 406 g/mol. The number of tetrazole rings is 1. The van der Waals surface area contributed by atoms with E-state index in [1.807, 2.05) is 46.7 Å². The van der Waals surface area contributed by atoms with Crippen LogP contribution in [0, 0.1) is 6.92 Å². The number of pyridine rings is 1. The van der Waals surface area contributed by atoms with Crippen molar-refractivity contribution in [1.29, 1.82) is 0 Å². The van der Waals surface area contributed by atoms with Crippen molar-refractivity contribution in [3.05, 3.63) is 93.7 Å². The standard InChI is InChI=1S/C24H21N5OS/c1-17-9-10-21-19(14-17)15-20(23-25-26-27-29(21)23)16-28(24(30)22-8-5-13-31-22)12-11-18-6-3-2-4-7-18/h2-10,13-15H,11-12,16H2,1H3. The van der Waals surface area contributed by atoms with E-state index in [4.69, 9.17) is 0 Å². The Hall–Kier alpha value is -3.58. The van der Waals surface area contributed by atoms with Gasteiger partial charge in [0.2, 0.25) is 0 Å². The monoisotopic (exact) mass is 427 g/mol. The summed E-state index contributed by atoms with van der Waals surface area (Å²) in [5, 5.41) is 15.3. The molecule has 0 bridgehead atoms. The molecule has 3 aromatic heterocycles. The summed E-state index contributed by atoms with van der Waals surface area (Å²) in [6.45, 7) is 3.12. The van der Waals surface area contributed by atoms with Crippen molar-refractivity contribution in [2.24, 2.45) is 0 Å². The molecule has 0 fully saturated rings. The molecule has 0 saturated heterocycles. The fourth-order valence-electron chi connectivity index (χ4n) is 3.82. The van der Waals surface area contributed by atoms with Gasteiger partial charge in [0.05, 0.1) is 10.4 Å². The molecule has 0 spiro atoms. The summed E-state index contributed by atoms with van der Waals surface area (Å²) in [5.74, 6) is 0.0286. The highest BCUT2D eigenvalue weighted by atomic mass is 32.1. The molecule has 1 amide bonds. The van der Waals surface area contributed by atoms with E-state index < -0.39 is 0 Å². The van der Waals surface area contributed by atoms with E-state index in [1.54, 1.807) is 4.52 Å². The summed E-state index contributed by atoms with van der Waals surface area (Å²) in [7, 11) is 0. The van der Waals surface area contributed by atoms with Crippen LogP contribution in [0.2, 0.25) is 0 Å². The van der Waals surface area contributed by atoms with Crippen LogP contribution in [0.1, 0.15) is 26.4 Å². The summed E-state index contributed by atoms with van der Waals surface area (Å²) >= 11 is 1.46. The van der Waals surface area contributed by atoms with Gasteiger partial charge < -0.3 is 4.90 Å². The van der Waals surface area contributed by atoms with Crippen LogP contribution < -0.4 is 0 Å². The van der Waals surface area contributed by atoms with Crippen molar-refractivity contribution in [2.75, 3.05) is 6.54 Å². The number of hydrogen-bond acceptors (Lipinski definition) is 5. The SMILES string of the molecule is Cc1ccc2c(c1)cc(CN(CCc1ccccc1)C(=O)c1cccs1)c1nnnn12. The first-order valence-corrected chi connectivity index (χ1v) is 11.0. The molecule has 0 aliphatic heterocycles. The molecule has 5 aromatic rings. The molecule has 5 rings (SSSR count). The molecule has 154 valence electrons. The van der Waals surface area contributed by atoms with Gasteiger partial charge in [-0.2, -0.15) is 4.52 Å². The predicted octanol–water partition coefficient (Wildman–Crippen LogP) is 4.53. The van der Waals surface area contributed by atoms with Crippen LogP contribution in [-0.2, 0) is 13.0 Å². The fraction of sp³-hybridized carbons (Fsp3) is 0.167. The van der Waals surface area contributed by atoms with E-state index in [-0.39, 0.29) is 5.91 Å². The summed E-state index contributed by atoms with van der Waals surface area (Å²) in [4.78, 5) is 15.9. The Morgan fingerprint density at radius 1 is 1.06 bits per heavy atom. The van der Waals surface area contributed by atoms with Gasteiger partial charge in [-0.25, -0.2) is 0 Å². The molecule has 7 heteroatoms. The summed E-state index contributed by atoms with van der Waals surface area (Å²) in [6.07, 6.45) is 0.784. The van der Waals surface area contributed by atoms with Crippen LogP contribution in [0.3, 0.4) is 0 Å². The first-order chi connectivity index (χ1) is 15.2. The smallest absolute Gasteiger partial charge is 0.264 e. The van der Waals surface area contributed by atoms with Gasteiger partial charge in [0.1, 0.15) is 0 Å². The lowest BCUT2D eigenvalue weighted by atomic mass is 10.1. The normalized spacial score (nSPS) is 11.3. The van der Waals surface area contributed by atoms with E-state index in [0.717, 1.165) is 27.8 Å². The number of benzene rings is 2. The minimum absolute atomic E-state index is 0.0286. The maximum absolute atomic E-state index is 13.3. The number of carbonyl (C=O) groups is 1. The van der Waals surface area contributed by atoms with Crippen LogP contribution in [-0.4, -0.2) is 37.4 Å². The first kappa shape index (κ1) is 19.4. The van der Waals surface area contributed by atoms with E-state index in [9.17, 15) is 4.79 Å². The van der Waals surface area contributed by atoms with Crippen molar-refractivity contribution in [3.8, 4) is 0 Å². The maximum atomic E-state index is 13.3. The van der Waals surface area contributed by atoms with Gasteiger partial charge in [-0.15, -0.1) is 16.4 Å². The predicted molar refractivity (Wildman–Crippen MR) is 122 cm³/mol. The second-order valence-electron chi connectivity index (χ2n) is 7.59. The molecule has 31 heavy (non-hydrogen) atoms. The number of aryl methyl sites for hydroxylation is 1. The number of hydrogen-bond donors (Lipinski definition) is 0. The summed E-state index contributed by atoms with van der Waals surface area (Å²) in [5.41, 5.74) is 4.94. The van der Waals surface area contributed by atoms with Gasteiger partial charge in [0.15, 0.2) is 5.65 Å². The Morgan fingerprint density at radius 2 is 1.94 bits per heavy atom. The van der Waals surface area contributed by atoms with Crippen LogP contribution in [0.25, 0.3) is 16.6 Å². The second-order valence-corrected chi connectivity index (χ2v) is 8.53. The molecule has 3 heterocycles. The number of aromatic nitrogens is 4. The van der Waals surface area contributed by atoms with Crippen molar-refractivity contribution in [1.82, 2.24) is 24.9 Å². The molecule has 0 atom stereocenters. The quantitative estimate of drug-likeness (QED) is 0.399. The molecule has 0 radical (unpaired) electrons. The van der Waals surface area contributed by atoms with E-state index in [1.165, 1.54) is 22.5 Å². The number of carbonyl (C=O) groups excluding carboxylic acids is 1. The number of nitrogens with zero attached hydrogens (tertiary/aromatic N) is 5. The summed E-state index contributed by atoms with van der Waals surface area (Å²) in [6, 6.07) is 22.3. The fourth-order valence-corrected chi connectivity index (χ4v) is 4.51. The molecule has 0 N–H and O–H groups in total. The van der Waals surface area contributed by atoms with Gasteiger partial charge >= 0.3 is 0 Å². The topological polar surface area (TPSA) is 63.4 Å². The average Bonchev–Trinajstić information content (AvgIpc) is 3.49. The lowest BCUT2D eigenvalue weighted by Gasteiger charge is -2.23. The van der Waals surface area contributed by atoms with Gasteiger partial charge in [-0.3, -0.25) is 4.79 Å². The lowest BCUT2D eigenvalue weighted by Crippen LogP contribution is -2.32. The first-order valence-electron chi connectivity index (χ1n) is 10.2. The van der Waals surface area contributed by atoms with Crippen LogP contribution in [0.4, 0.5) is 0 Å². The minimum atomic E-state index is 0.0286. The van der Waals surface area contributed by atoms with Crippen molar-refractivity contribution < 1.29 is 4.79 Å². The minimum Gasteiger partial charge on any atom is -0.333 e. The van der Waals surface area contributed by atoms with Gasteiger partial charge in [0, 0.05) is 24.0 Å². The maximum Gasteiger partial charge on any atom is 0.264 e. The molecule has 6 nitrogen and oxygen atoms in total. The average molecular weight is 428 g/mol. The van der Waals surface area contributed by atoms with Gasteiger partial charge in [-0.05, 0) is 59.0 Å². The summed E-state index contributed by atoms with van der Waals surface area (Å²) < 4.78 is 1.76. The van der Waals surface area contributed by atoms with E-state index >= 15 is 0 Å². The molecule has 0 aliphatic rings. The highest BCUT2D eigenvalue weighted by Crippen LogP contribution is 2.23. The number of rotatable bonds is 6. The Morgan fingerprint density at radius 3 is 2.74 bits per heavy atom.